The summed E-state index contributed by atoms with van der Waals surface area (Å²) < 4.78 is 16.0. The summed E-state index contributed by atoms with van der Waals surface area (Å²) in [5.74, 6) is 1.36. The van der Waals surface area contributed by atoms with Crippen LogP contribution in [0.1, 0.15) is 18.9 Å². The molecule has 0 radical (unpaired) electrons. The Morgan fingerprint density at radius 1 is 1.11 bits per heavy atom. The maximum atomic E-state index is 12.4. The topological polar surface area (TPSA) is 80.6 Å². The number of hydrogen-bond donors (Lipinski definition) is 1. The van der Waals surface area contributed by atoms with E-state index < -0.39 is 5.91 Å². The van der Waals surface area contributed by atoms with Crippen molar-refractivity contribution in [2.24, 2.45) is 0 Å². The smallest absolute Gasteiger partial charge is 0.266 e. The van der Waals surface area contributed by atoms with Crippen LogP contribution in [-0.4, -0.2) is 26.7 Å². The van der Waals surface area contributed by atoms with Gasteiger partial charge in [0.25, 0.3) is 5.91 Å². The highest BCUT2D eigenvalue weighted by atomic mass is 16.5. The maximum Gasteiger partial charge on any atom is 0.266 e. The first-order chi connectivity index (χ1) is 13.1. The Balaban J connectivity index is 2.18. The summed E-state index contributed by atoms with van der Waals surface area (Å²) in [6.07, 6.45) is 2.39. The van der Waals surface area contributed by atoms with Crippen molar-refractivity contribution >= 4 is 17.7 Å². The van der Waals surface area contributed by atoms with Crippen LogP contribution in [-0.2, 0) is 4.79 Å². The van der Waals surface area contributed by atoms with Gasteiger partial charge in [-0.15, -0.1) is 0 Å². The molecule has 0 atom stereocenters. The molecule has 0 aliphatic carbocycles. The average molecular weight is 366 g/mol. The number of carbonyl (C=O) groups is 1. The zero-order valence-corrected chi connectivity index (χ0v) is 15.6. The molecule has 0 aliphatic heterocycles. The summed E-state index contributed by atoms with van der Waals surface area (Å²) in [6.45, 7) is 2.60. The molecule has 1 amide bonds. The molecule has 6 nitrogen and oxygen atoms in total. The first kappa shape index (κ1) is 19.9. The molecule has 6 heteroatoms. The van der Waals surface area contributed by atoms with Gasteiger partial charge in [0.2, 0.25) is 0 Å². The van der Waals surface area contributed by atoms with Gasteiger partial charge in [0.15, 0.2) is 11.5 Å². The largest absolute Gasteiger partial charge is 0.497 e. The van der Waals surface area contributed by atoms with Gasteiger partial charge < -0.3 is 19.5 Å². The van der Waals surface area contributed by atoms with Gasteiger partial charge in [-0.2, -0.15) is 5.26 Å². The minimum absolute atomic E-state index is 0.0184. The number of benzene rings is 2. The first-order valence-corrected chi connectivity index (χ1v) is 8.49. The van der Waals surface area contributed by atoms with Gasteiger partial charge in [-0.05, 0) is 54.5 Å². The van der Waals surface area contributed by atoms with E-state index >= 15 is 0 Å². The first-order valence-electron chi connectivity index (χ1n) is 8.49. The van der Waals surface area contributed by atoms with E-state index in [0.29, 0.717) is 35.1 Å². The summed E-state index contributed by atoms with van der Waals surface area (Å²) >= 11 is 0. The fraction of sp³-hybridized carbons (Fsp3) is 0.238. The predicted molar refractivity (Wildman–Crippen MR) is 104 cm³/mol. The molecule has 0 bridgehead atoms. The Hall–Kier alpha value is -3.46. The average Bonchev–Trinajstić information content (AvgIpc) is 2.71. The molecular formula is C21H22N2O4. The minimum atomic E-state index is -0.493. The van der Waals surface area contributed by atoms with Crippen LogP contribution in [0.5, 0.6) is 17.2 Å². The minimum Gasteiger partial charge on any atom is -0.497 e. The van der Waals surface area contributed by atoms with Gasteiger partial charge in [0.05, 0.1) is 20.8 Å². The molecule has 2 rings (SSSR count). The van der Waals surface area contributed by atoms with Crippen LogP contribution in [0.3, 0.4) is 0 Å². The van der Waals surface area contributed by atoms with Gasteiger partial charge >= 0.3 is 0 Å². The Bertz CT molecular complexity index is 851. The number of methoxy groups -OCH3 is 2. The molecule has 0 spiro atoms. The van der Waals surface area contributed by atoms with Crippen LogP contribution in [0.15, 0.2) is 48.0 Å². The zero-order valence-electron chi connectivity index (χ0n) is 15.6. The third kappa shape index (κ3) is 5.51. The summed E-state index contributed by atoms with van der Waals surface area (Å²) in [5.41, 5.74) is 1.22. The monoisotopic (exact) mass is 366 g/mol. The zero-order chi connectivity index (χ0) is 19.6. The number of carbonyl (C=O) groups excluding carboxylic acids is 1. The van der Waals surface area contributed by atoms with Gasteiger partial charge in [0.1, 0.15) is 17.4 Å². The van der Waals surface area contributed by atoms with E-state index in [0.717, 1.165) is 6.42 Å². The lowest BCUT2D eigenvalue weighted by Crippen LogP contribution is -2.13. The second-order valence-electron chi connectivity index (χ2n) is 5.61. The van der Waals surface area contributed by atoms with E-state index in [2.05, 4.69) is 5.32 Å². The molecule has 0 heterocycles. The third-order valence-corrected chi connectivity index (χ3v) is 3.67. The molecule has 0 fully saturated rings. The lowest BCUT2D eigenvalue weighted by atomic mass is 10.1. The Morgan fingerprint density at radius 3 is 2.44 bits per heavy atom. The lowest BCUT2D eigenvalue weighted by Gasteiger charge is -2.10. The van der Waals surface area contributed by atoms with E-state index in [-0.39, 0.29) is 5.57 Å². The van der Waals surface area contributed by atoms with Crippen molar-refractivity contribution in [3.8, 4) is 23.3 Å². The highest BCUT2D eigenvalue weighted by Crippen LogP contribution is 2.29. The van der Waals surface area contributed by atoms with E-state index in [1.807, 2.05) is 13.0 Å². The van der Waals surface area contributed by atoms with Crippen LogP contribution >= 0.6 is 0 Å². The number of nitrogens with one attached hydrogen (secondary N) is 1. The molecule has 0 unspecified atom stereocenters. The maximum absolute atomic E-state index is 12.4. The van der Waals surface area contributed by atoms with Gasteiger partial charge in [0, 0.05) is 5.69 Å². The number of anilines is 1. The molecule has 0 saturated carbocycles. The van der Waals surface area contributed by atoms with Crippen molar-refractivity contribution in [2.75, 3.05) is 26.1 Å². The molecule has 27 heavy (non-hydrogen) atoms. The van der Waals surface area contributed by atoms with E-state index in [9.17, 15) is 10.1 Å². The molecule has 2 aromatic rings. The van der Waals surface area contributed by atoms with Crippen LogP contribution in [0.2, 0.25) is 0 Å². The van der Waals surface area contributed by atoms with Crippen molar-refractivity contribution < 1.29 is 19.0 Å². The summed E-state index contributed by atoms with van der Waals surface area (Å²) in [5, 5.41) is 12.1. The number of rotatable bonds is 8. The molecule has 0 saturated heterocycles. The van der Waals surface area contributed by atoms with Gasteiger partial charge in [-0.25, -0.2) is 0 Å². The highest BCUT2D eigenvalue weighted by Gasteiger charge is 2.11. The fourth-order valence-electron chi connectivity index (χ4n) is 2.29. The second kappa shape index (κ2) is 9.88. The number of hydrogen-bond acceptors (Lipinski definition) is 5. The summed E-state index contributed by atoms with van der Waals surface area (Å²) in [6, 6.07) is 14.0. The molecule has 2 aromatic carbocycles. The standard InChI is InChI=1S/C21H22N2O4/c1-4-11-27-19-10-5-15(13-20(19)26-3)12-16(14-22)21(24)23-17-6-8-18(25-2)9-7-17/h5-10,12-13H,4,11H2,1-3H3,(H,23,24). The third-order valence-electron chi connectivity index (χ3n) is 3.67. The van der Waals surface area contributed by atoms with E-state index in [1.165, 1.54) is 6.08 Å². The van der Waals surface area contributed by atoms with Crippen LogP contribution in [0.4, 0.5) is 5.69 Å². The molecule has 1 N–H and O–H groups in total. The Labute approximate surface area is 159 Å². The van der Waals surface area contributed by atoms with Crippen LogP contribution in [0, 0.1) is 11.3 Å². The van der Waals surface area contributed by atoms with E-state index in [1.54, 1.807) is 56.7 Å². The number of nitriles is 1. The quantitative estimate of drug-likeness (QED) is 0.563. The molecular weight excluding hydrogens is 344 g/mol. The van der Waals surface area contributed by atoms with Crippen molar-refractivity contribution in [2.45, 2.75) is 13.3 Å². The summed E-state index contributed by atoms with van der Waals surface area (Å²) in [4.78, 5) is 12.4. The molecule has 140 valence electrons. The highest BCUT2D eigenvalue weighted by molar-refractivity contribution is 6.09. The van der Waals surface area contributed by atoms with Crippen LogP contribution in [0.25, 0.3) is 6.08 Å². The second-order valence-corrected chi connectivity index (χ2v) is 5.61. The Morgan fingerprint density at radius 2 is 1.85 bits per heavy atom. The van der Waals surface area contributed by atoms with Crippen molar-refractivity contribution in [1.82, 2.24) is 0 Å². The number of nitrogens with zero attached hydrogens (tertiary/aromatic N) is 1. The lowest BCUT2D eigenvalue weighted by molar-refractivity contribution is -0.112. The normalized spacial score (nSPS) is 10.7. The van der Waals surface area contributed by atoms with Crippen molar-refractivity contribution in [3.05, 3.63) is 53.6 Å². The van der Waals surface area contributed by atoms with Gasteiger partial charge in [-0.1, -0.05) is 13.0 Å². The van der Waals surface area contributed by atoms with E-state index in [4.69, 9.17) is 14.2 Å². The predicted octanol–water partition coefficient (Wildman–Crippen LogP) is 4.04. The molecule has 0 aliphatic rings. The fourth-order valence-corrected chi connectivity index (χ4v) is 2.29. The van der Waals surface area contributed by atoms with Crippen LogP contribution < -0.4 is 19.5 Å². The van der Waals surface area contributed by atoms with Crippen molar-refractivity contribution in [1.29, 1.82) is 5.26 Å². The summed E-state index contributed by atoms with van der Waals surface area (Å²) in [7, 11) is 3.11. The van der Waals surface area contributed by atoms with Crippen molar-refractivity contribution in [3.63, 3.8) is 0 Å². The Kier molecular flexibility index (Phi) is 7.26. The van der Waals surface area contributed by atoms with Gasteiger partial charge in [-0.3, -0.25) is 4.79 Å². The number of ether oxygens (including phenoxy) is 3. The number of amides is 1. The molecule has 0 aromatic heterocycles. The SMILES string of the molecule is CCCOc1ccc(C=C(C#N)C(=O)Nc2ccc(OC)cc2)cc1OC.